The molecule has 1 aliphatic rings. The van der Waals surface area contributed by atoms with Gasteiger partial charge in [0.25, 0.3) is 15.9 Å². The van der Waals surface area contributed by atoms with E-state index in [-0.39, 0.29) is 16.8 Å². The third kappa shape index (κ3) is 5.66. The molecule has 0 saturated heterocycles. The van der Waals surface area contributed by atoms with Crippen LogP contribution in [0.3, 0.4) is 0 Å². The van der Waals surface area contributed by atoms with E-state index >= 15 is 0 Å². The van der Waals surface area contributed by atoms with Crippen LogP contribution < -0.4 is 19.5 Å². The number of anilines is 1. The Balaban J connectivity index is 1.61. The maximum absolute atomic E-state index is 12.7. The van der Waals surface area contributed by atoms with Crippen molar-refractivity contribution in [1.29, 1.82) is 0 Å². The number of amides is 1. The van der Waals surface area contributed by atoms with Crippen LogP contribution in [0.2, 0.25) is 0 Å². The minimum Gasteiger partial charge on any atom is -0.495 e. The van der Waals surface area contributed by atoms with Crippen LogP contribution in [0.15, 0.2) is 53.4 Å². The first-order valence-electron chi connectivity index (χ1n) is 10.1. The highest BCUT2D eigenvalue weighted by Gasteiger charge is 2.21. The molecule has 0 unspecified atom stereocenters. The number of ether oxygens (including phenoxy) is 2. The Kier molecular flexibility index (Phi) is 7.20. The summed E-state index contributed by atoms with van der Waals surface area (Å²) in [5, 5.41) is 3.03. The predicted octanol–water partition coefficient (Wildman–Crippen LogP) is 3.71. The van der Waals surface area contributed by atoms with Crippen LogP contribution in [-0.2, 0) is 14.8 Å². The first-order valence-corrected chi connectivity index (χ1v) is 11.6. The quantitative estimate of drug-likeness (QED) is 0.663. The van der Waals surface area contributed by atoms with E-state index in [1.807, 2.05) is 0 Å². The third-order valence-electron chi connectivity index (χ3n) is 5.12. The largest absolute Gasteiger partial charge is 0.495 e. The molecule has 2 N–H and O–H groups in total. The van der Waals surface area contributed by atoms with Gasteiger partial charge in [0.2, 0.25) is 0 Å². The van der Waals surface area contributed by atoms with Gasteiger partial charge in [-0.05, 0) is 56.2 Å². The van der Waals surface area contributed by atoms with Gasteiger partial charge in [0.05, 0.1) is 17.7 Å². The van der Waals surface area contributed by atoms with Crippen LogP contribution in [0.1, 0.15) is 39.0 Å². The highest BCUT2D eigenvalue weighted by Crippen LogP contribution is 2.27. The normalized spacial score (nSPS) is 15.8. The molecule has 0 aromatic heterocycles. The molecule has 0 spiro atoms. The Hall–Kier alpha value is -2.74. The summed E-state index contributed by atoms with van der Waals surface area (Å²) in [5.41, 5.74) is 0.355. The molecule has 1 fully saturated rings. The Bertz CT molecular complexity index is 954. The zero-order valence-corrected chi connectivity index (χ0v) is 18.1. The van der Waals surface area contributed by atoms with E-state index in [4.69, 9.17) is 9.47 Å². The molecular formula is C22H28N2O5S. The summed E-state index contributed by atoms with van der Waals surface area (Å²) in [7, 11) is -2.31. The van der Waals surface area contributed by atoms with Crippen LogP contribution >= 0.6 is 0 Å². The molecule has 1 aliphatic carbocycles. The molecule has 0 radical (unpaired) electrons. The van der Waals surface area contributed by atoms with Crippen LogP contribution in [-0.4, -0.2) is 33.6 Å². The highest BCUT2D eigenvalue weighted by atomic mass is 32.2. The SMILES string of the molecule is COc1ccccc1NS(=O)(=O)c1ccc(O[C@@H](C)C(=O)NC2CCCCC2)cc1. The lowest BCUT2D eigenvalue weighted by molar-refractivity contribution is -0.128. The number of nitrogens with one attached hydrogen (secondary N) is 2. The molecule has 162 valence electrons. The molecule has 1 atom stereocenters. The topological polar surface area (TPSA) is 93.7 Å². The van der Waals surface area contributed by atoms with Gasteiger partial charge in [-0.3, -0.25) is 9.52 Å². The fraction of sp³-hybridized carbons (Fsp3) is 0.409. The number of methoxy groups -OCH3 is 1. The van der Waals surface area contributed by atoms with Crippen molar-refractivity contribution in [3.8, 4) is 11.5 Å². The number of carbonyl (C=O) groups is 1. The average Bonchev–Trinajstić information content (AvgIpc) is 2.75. The van der Waals surface area contributed by atoms with Crippen LogP contribution in [0.4, 0.5) is 5.69 Å². The molecule has 2 aromatic carbocycles. The molecule has 8 heteroatoms. The van der Waals surface area contributed by atoms with Crippen LogP contribution in [0.5, 0.6) is 11.5 Å². The molecule has 0 bridgehead atoms. The van der Waals surface area contributed by atoms with Crippen LogP contribution in [0.25, 0.3) is 0 Å². The van der Waals surface area contributed by atoms with E-state index in [1.54, 1.807) is 43.3 Å². The molecule has 7 nitrogen and oxygen atoms in total. The minimum atomic E-state index is -3.79. The molecule has 30 heavy (non-hydrogen) atoms. The van der Waals surface area contributed by atoms with Gasteiger partial charge in [-0.1, -0.05) is 31.4 Å². The second-order valence-corrected chi connectivity index (χ2v) is 9.06. The molecule has 3 rings (SSSR count). The molecule has 0 heterocycles. The summed E-state index contributed by atoms with van der Waals surface area (Å²) in [6, 6.07) is 13.0. The second kappa shape index (κ2) is 9.84. The molecular weight excluding hydrogens is 404 g/mol. The van der Waals surface area contributed by atoms with Gasteiger partial charge in [0, 0.05) is 6.04 Å². The van der Waals surface area contributed by atoms with Crippen molar-refractivity contribution in [2.45, 2.75) is 56.1 Å². The Morgan fingerprint density at radius 3 is 2.37 bits per heavy atom. The third-order valence-corrected chi connectivity index (χ3v) is 6.50. The summed E-state index contributed by atoms with van der Waals surface area (Å²) in [6.45, 7) is 1.69. The Labute approximate surface area is 177 Å². The van der Waals surface area contributed by atoms with Crippen molar-refractivity contribution in [3.63, 3.8) is 0 Å². The fourth-order valence-corrected chi connectivity index (χ4v) is 4.52. The summed E-state index contributed by atoms with van der Waals surface area (Å²) in [6.07, 6.45) is 4.84. The lowest BCUT2D eigenvalue weighted by Gasteiger charge is -2.24. The number of sulfonamides is 1. The summed E-state index contributed by atoms with van der Waals surface area (Å²) in [5.74, 6) is 0.702. The van der Waals surface area contributed by atoms with Gasteiger partial charge in [0.1, 0.15) is 11.5 Å². The fourth-order valence-electron chi connectivity index (χ4n) is 3.45. The van der Waals surface area contributed by atoms with Gasteiger partial charge in [0.15, 0.2) is 6.10 Å². The van der Waals surface area contributed by atoms with Crippen molar-refractivity contribution in [3.05, 3.63) is 48.5 Å². The molecule has 1 saturated carbocycles. The highest BCUT2D eigenvalue weighted by molar-refractivity contribution is 7.92. The van der Waals surface area contributed by atoms with Crippen LogP contribution in [0, 0.1) is 0 Å². The molecule has 0 aliphatic heterocycles. The number of para-hydroxylation sites is 2. The van der Waals surface area contributed by atoms with Crippen molar-refractivity contribution in [1.82, 2.24) is 5.32 Å². The summed E-state index contributed by atoms with van der Waals surface area (Å²) < 4.78 is 38.7. The van der Waals surface area contributed by atoms with Gasteiger partial charge in [-0.15, -0.1) is 0 Å². The maximum Gasteiger partial charge on any atom is 0.262 e. The number of hydrogen-bond acceptors (Lipinski definition) is 5. The zero-order valence-electron chi connectivity index (χ0n) is 17.3. The van der Waals surface area contributed by atoms with Gasteiger partial charge in [-0.2, -0.15) is 0 Å². The van der Waals surface area contributed by atoms with E-state index in [0.717, 1.165) is 25.7 Å². The summed E-state index contributed by atoms with van der Waals surface area (Å²) >= 11 is 0. The molecule has 1 amide bonds. The van der Waals surface area contributed by atoms with Gasteiger partial charge in [-0.25, -0.2) is 8.42 Å². The summed E-state index contributed by atoms with van der Waals surface area (Å²) in [4.78, 5) is 12.4. The van der Waals surface area contributed by atoms with E-state index < -0.39 is 16.1 Å². The van der Waals surface area contributed by atoms with Gasteiger partial charge < -0.3 is 14.8 Å². The number of rotatable bonds is 8. The van der Waals surface area contributed by atoms with Crippen molar-refractivity contribution in [2.75, 3.05) is 11.8 Å². The Morgan fingerprint density at radius 2 is 1.70 bits per heavy atom. The smallest absolute Gasteiger partial charge is 0.262 e. The lowest BCUT2D eigenvalue weighted by Crippen LogP contribution is -2.43. The standard InChI is InChI=1S/C22H28N2O5S/c1-16(22(25)23-17-8-4-3-5-9-17)29-18-12-14-19(15-13-18)30(26,27)24-20-10-6-7-11-21(20)28-2/h6-7,10-17,24H,3-5,8-9H2,1-2H3,(H,23,25)/t16-/m0/s1. The maximum atomic E-state index is 12.7. The number of hydrogen-bond donors (Lipinski definition) is 2. The second-order valence-electron chi connectivity index (χ2n) is 7.38. The van der Waals surface area contributed by atoms with E-state index in [0.29, 0.717) is 17.2 Å². The molecule has 2 aromatic rings. The lowest BCUT2D eigenvalue weighted by atomic mass is 9.95. The monoisotopic (exact) mass is 432 g/mol. The number of carbonyl (C=O) groups excluding carboxylic acids is 1. The van der Waals surface area contributed by atoms with Crippen molar-refractivity contribution >= 4 is 21.6 Å². The first kappa shape index (κ1) is 22.0. The number of benzene rings is 2. The Morgan fingerprint density at radius 1 is 1.03 bits per heavy atom. The first-order chi connectivity index (χ1) is 14.4. The predicted molar refractivity (Wildman–Crippen MR) is 115 cm³/mol. The van der Waals surface area contributed by atoms with Crippen molar-refractivity contribution in [2.24, 2.45) is 0 Å². The zero-order chi connectivity index (χ0) is 21.6. The van der Waals surface area contributed by atoms with Gasteiger partial charge >= 0.3 is 0 Å². The van der Waals surface area contributed by atoms with Crippen molar-refractivity contribution < 1.29 is 22.7 Å². The minimum absolute atomic E-state index is 0.0834. The van der Waals surface area contributed by atoms with E-state index in [1.165, 1.54) is 25.7 Å². The van der Waals surface area contributed by atoms with E-state index in [9.17, 15) is 13.2 Å². The average molecular weight is 433 g/mol. The van der Waals surface area contributed by atoms with E-state index in [2.05, 4.69) is 10.0 Å².